The SMILES string of the molecule is CC1CCC(N)C(C(=O)NCC(=O)N2CCCCC2)C1. The molecule has 20 heavy (non-hydrogen) atoms. The first-order valence-corrected chi connectivity index (χ1v) is 7.89. The fourth-order valence-corrected chi connectivity index (χ4v) is 3.25. The molecule has 5 nitrogen and oxygen atoms in total. The molecule has 0 aromatic rings. The third kappa shape index (κ3) is 3.95. The fraction of sp³-hybridized carbons (Fsp3) is 0.867. The molecule has 0 radical (unpaired) electrons. The van der Waals surface area contributed by atoms with Crippen LogP contribution in [0.2, 0.25) is 0 Å². The van der Waals surface area contributed by atoms with Gasteiger partial charge in [-0.05, 0) is 44.4 Å². The molecule has 2 fully saturated rings. The number of amides is 2. The van der Waals surface area contributed by atoms with Crippen molar-refractivity contribution in [3.8, 4) is 0 Å². The van der Waals surface area contributed by atoms with Crippen molar-refractivity contribution in [3.05, 3.63) is 0 Å². The van der Waals surface area contributed by atoms with Gasteiger partial charge in [0, 0.05) is 19.1 Å². The van der Waals surface area contributed by atoms with Gasteiger partial charge in [0.2, 0.25) is 11.8 Å². The zero-order valence-corrected chi connectivity index (χ0v) is 12.4. The van der Waals surface area contributed by atoms with Gasteiger partial charge in [-0.2, -0.15) is 0 Å². The Balaban J connectivity index is 1.77. The van der Waals surface area contributed by atoms with Crippen LogP contribution in [0.5, 0.6) is 0 Å². The molecule has 0 spiro atoms. The molecular formula is C15H27N3O2. The number of nitrogens with zero attached hydrogens (tertiary/aromatic N) is 1. The predicted molar refractivity (Wildman–Crippen MR) is 77.9 cm³/mol. The van der Waals surface area contributed by atoms with E-state index < -0.39 is 0 Å². The zero-order chi connectivity index (χ0) is 14.5. The smallest absolute Gasteiger partial charge is 0.241 e. The summed E-state index contributed by atoms with van der Waals surface area (Å²) in [5.41, 5.74) is 6.04. The second-order valence-corrected chi connectivity index (χ2v) is 6.35. The normalized spacial score (nSPS) is 30.9. The van der Waals surface area contributed by atoms with Crippen LogP contribution in [0.15, 0.2) is 0 Å². The van der Waals surface area contributed by atoms with Crippen molar-refractivity contribution in [2.75, 3.05) is 19.6 Å². The molecule has 2 rings (SSSR count). The van der Waals surface area contributed by atoms with Crippen LogP contribution < -0.4 is 11.1 Å². The summed E-state index contributed by atoms with van der Waals surface area (Å²) in [6.07, 6.45) is 6.18. The van der Waals surface area contributed by atoms with Crippen LogP contribution in [-0.2, 0) is 9.59 Å². The number of hydrogen-bond acceptors (Lipinski definition) is 3. The molecule has 2 aliphatic rings. The summed E-state index contributed by atoms with van der Waals surface area (Å²) in [4.78, 5) is 26.0. The van der Waals surface area contributed by atoms with E-state index in [1.165, 1.54) is 6.42 Å². The quantitative estimate of drug-likeness (QED) is 0.806. The highest BCUT2D eigenvalue weighted by Crippen LogP contribution is 2.27. The standard InChI is InChI=1S/C15H27N3O2/c1-11-5-6-13(16)12(9-11)15(20)17-10-14(19)18-7-3-2-4-8-18/h11-13H,2-10,16H2,1H3,(H,17,20). The number of carbonyl (C=O) groups excluding carboxylic acids is 2. The molecule has 3 atom stereocenters. The third-order valence-corrected chi connectivity index (χ3v) is 4.63. The highest BCUT2D eigenvalue weighted by Gasteiger charge is 2.31. The van der Waals surface area contributed by atoms with E-state index in [1.807, 2.05) is 4.90 Å². The van der Waals surface area contributed by atoms with Crippen molar-refractivity contribution in [3.63, 3.8) is 0 Å². The summed E-state index contributed by atoms with van der Waals surface area (Å²) in [5.74, 6) is 0.404. The van der Waals surface area contributed by atoms with Gasteiger partial charge in [-0.1, -0.05) is 6.92 Å². The molecule has 3 N–H and O–H groups in total. The fourth-order valence-electron chi connectivity index (χ4n) is 3.25. The molecule has 1 aliphatic carbocycles. The molecule has 1 heterocycles. The van der Waals surface area contributed by atoms with E-state index in [0.717, 1.165) is 45.2 Å². The van der Waals surface area contributed by atoms with Gasteiger partial charge in [-0.3, -0.25) is 9.59 Å². The molecular weight excluding hydrogens is 254 g/mol. The number of nitrogens with one attached hydrogen (secondary N) is 1. The van der Waals surface area contributed by atoms with E-state index in [9.17, 15) is 9.59 Å². The monoisotopic (exact) mass is 281 g/mol. The largest absolute Gasteiger partial charge is 0.347 e. The van der Waals surface area contributed by atoms with Crippen LogP contribution in [0.3, 0.4) is 0 Å². The Bertz CT molecular complexity index is 353. The maximum Gasteiger partial charge on any atom is 0.241 e. The first kappa shape index (κ1) is 15.3. The van der Waals surface area contributed by atoms with Crippen LogP contribution in [0, 0.1) is 11.8 Å². The van der Waals surface area contributed by atoms with Crippen molar-refractivity contribution in [2.24, 2.45) is 17.6 Å². The average molecular weight is 281 g/mol. The van der Waals surface area contributed by atoms with Crippen molar-refractivity contribution in [2.45, 2.75) is 51.5 Å². The maximum atomic E-state index is 12.2. The maximum absolute atomic E-state index is 12.2. The number of likely N-dealkylation sites (tertiary alicyclic amines) is 1. The number of hydrogen-bond donors (Lipinski definition) is 2. The van der Waals surface area contributed by atoms with Gasteiger partial charge in [-0.15, -0.1) is 0 Å². The number of nitrogens with two attached hydrogens (primary N) is 1. The molecule has 3 unspecified atom stereocenters. The van der Waals surface area contributed by atoms with Crippen LogP contribution in [0.25, 0.3) is 0 Å². The minimum absolute atomic E-state index is 0.0375. The molecule has 0 bridgehead atoms. The lowest BCUT2D eigenvalue weighted by Gasteiger charge is -2.32. The van der Waals surface area contributed by atoms with Gasteiger partial charge in [0.15, 0.2) is 0 Å². The minimum Gasteiger partial charge on any atom is -0.347 e. The Kier molecular flexibility index (Phi) is 5.40. The Hall–Kier alpha value is -1.10. The van der Waals surface area contributed by atoms with Crippen LogP contribution >= 0.6 is 0 Å². The minimum atomic E-state index is -0.132. The molecule has 2 amide bonds. The van der Waals surface area contributed by atoms with Gasteiger partial charge in [0.05, 0.1) is 12.5 Å². The first-order valence-electron chi connectivity index (χ1n) is 7.89. The zero-order valence-electron chi connectivity index (χ0n) is 12.4. The number of carbonyl (C=O) groups is 2. The lowest BCUT2D eigenvalue weighted by molar-refractivity contribution is -0.135. The van der Waals surface area contributed by atoms with Gasteiger partial charge in [0.25, 0.3) is 0 Å². The summed E-state index contributed by atoms with van der Waals surface area (Å²) in [7, 11) is 0. The highest BCUT2D eigenvalue weighted by molar-refractivity contribution is 5.86. The van der Waals surface area contributed by atoms with Gasteiger partial charge < -0.3 is 16.0 Å². The van der Waals surface area contributed by atoms with Crippen molar-refractivity contribution in [1.29, 1.82) is 0 Å². The summed E-state index contributed by atoms with van der Waals surface area (Å²) >= 11 is 0. The summed E-state index contributed by atoms with van der Waals surface area (Å²) in [6.45, 7) is 3.94. The van der Waals surface area contributed by atoms with Crippen molar-refractivity contribution < 1.29 is 9.59 Å². The lowest BCUT2D eigenvalue weighted by atomic mass is 9.79. The van der Waals surface area contributed by atoms with Gasteiger partial charge in [-0.25, -0.2) is 0 Å². The first-order chi connectivity index (χ1) is 9.58. The van der Waals surface area contributed by atoms with Gasteiger partial charge >= 0.3 is 0 Å². The highest BCUT2D eigenvalue weighted by atomic mass is 16.2. The van der Waals surface area contributed by atoms with Crippen molar-refractivity contribution >= 4 is 11.8 Å². The molecule has 0 aromatic carbocycles. The molecule has 1 saturated heterocycles. The van der Waals surface area contributed by atoms with E-state index in [4.69, 9.17) is 5.73 Å². The number of piperidine rings is 1. The Morgan fingerprint density at radius 2 is 1.90 bits per heavy atom. The van der Waals surface area contributed by atoms with Crippen LogP contribution in [0.4, 0.5) is 0 Å². The van der Waals surface area contributed by atoms with E-state index in [0.29, 0.717) is 5.92 Å². The van der Waals surface area contributed by atoms with E-state index >= 15 is 0 Å². The molecule has 114 valence electrons. The molecule has 1 saturated carbocycles. The van der Waals surface area contributed by atoms with Crippen LogP contribution in [-0.4, -0.2) is 42.4 Å². The third-order valence-electron chi connectivity index (χ3n) is 4.63. The summed E-state index contributed by atoms with van der Waals surface area (Å²) in [5, 5.41) is 2.79. The van der Waals surface area contributed by atoms with Crippen LogP contribution in [0.1, 0.15) is 45.4 Å². The summed E-state index contributed by atoms with van der Waals surface area (Å²) in [6, 6.07) is -0.0590. The van der Waals surface area contributed by atoms with E-state index in [2.05, 4.69) is 12.2 Å². The topological polar surface area (TPSA) is 75.4 Å². The Morgan fingerprint density at radius 3 is 2.60 bits per heavy atom. The number of rotatable bonds is 3. The second-order valence-electron chi connectivity index (χ2n) is 6.35. The molecule has 0 aromatic heterocycles. The van der Waals surface area contributed by atoms with Crippen molar-refractivity contribution in [1.82, 2.24) is 10.2 Å². The molecule has 5 heteroatoms. The molecule has 1 aliphatic heterocycles. The van der Waals surface area contributed by atoms with E-state index in [1.54, 1.807) is 0 Å². The lowest BCUT2D eigenvalue weighted by Crippen LogP contribution is -2.48. The Morgan fingerprint density at radius 1 is 1.20 bits per heavy atom. The average Bonchev–Trinajstić information content (AvgIpc) is 2.47. The predicted octanol–water partition coefficient (Wildman–Crippen LogP) is 0.879. The summed E-state index contributed by atoms with van der Waals surface area (Å²) < 4.78 is 0. The second kappa shape index (κ2) is 7.07. The van der Waals surface area contributed by atoms with E-state index in [-0.39, 0.29) is 30.3 Å². The van der Waals surface area contributed by atoms with Gasteiger partial charge in [0.1, 0.15) is 0 Å². The Labute approximate surface area is 121 Å².